The zero-order chi connectivity index (χ0) is 8.97. The average Bonchev–Trinajstić information content (AvgIpc) is 2.03. The van der Waals surface area contributed by atoms with Gasteiger partial charge in [-0.1, -0.05) is 0 Å². The third kappa shape index (κ3) is 3.19. The number of carbonyl (C=O) groups excluding carboxylic acids is 1. The zero-order valence-corrected chi connectivity index (χ0v) is 7.03. The molecule has 0 aromatic carbocycles. The van der Waals surface area contributed by atoms with Gasteiger partial charge in [0.2, 0.25) is 5.91 Å². The number of hydrogen-bond acceptors (Lipinski definition) is 3. The first-order valence-corrected chi connectivity index (χ1v) is 4.26. The van der Waals surface area contributed by atoms with Crippen LogP contribution in [0.25, 0.3) is 0 Å². The van der Waals surface area contributed by atoms with Gasteiger partial charge in [-0.05, 0) is 25.7 Å². The number of amides is 1. The highest BCUT2D eigenvalue weighted by Crippen LogP contribution is 2.20. The normalized spacial score (nSPS) is 30.1. The van der Waals surface area contributed by atoms with Crippen LogP contribution in [0.2, 0.25) is 0 Å². The second-order valence-corrected chi connectivity index (χ2v) is 3.21. The highest BCUT2D eigenvalue weighted by atomic mass is 16.5. The van der Waals surface area contributed by atoms with E-state index in [1.807, 2.05) is 0 Å². The standard InChI is InChI=1S/C8H15NO3/c9-8(11)5-12-7-3-1-6(10)2-4-7/h6-7,10H,1-5H2,(H2,9,11). The van der Waals surface area contributed by atoms with Crippen molar-refractivity contribution in [3.05, 3.63) is 0 Å². The van der Waals surface area contributed by atoms with Gasteiger partial charge >= 0.3 is 0 Å². The van der Waals surface area contributed by atoms with Crippen LogP contribution in [0.5, 0.6) is 0 Å². The summed E-state index contributed by atoms with van der Waals surface area (Å²) in [5, 5.41) is 9.16. The van der Waals surface area contributed by atoms with Crippen molar-refractivity contribution in [1.82, 2.24) is 0 Å². The average molecular weight is 173 g/mol. The fourth-order valence-corrected chi connectivity index (χ4v) is 1.41. The van der Waals surface area contributed by atoms with Crippen LogP contribution in [-0.2, 0) is 9.53 Å². The van der Waals surface area contributed by atoms with E-state index in [0.29, 0.717) is 0 Å². The number of rotatable bonds is 3. The van der Waals surface area contributed by atoms with E-state index < -0.39 is 5.91 Å². The number of carbonyl (C=O) groups is 1. The maximum atomic E-state index is 10.4. The summed E-state index contributed by atoms with van der Waals surface area (Å²) in [6, 6.07) is 0. The van der Waals surface area contributed by atoms with Gasteiger partial charge in [-0.25, -0.2) is 0 Å². The topological polar surface area (TPSA) is 72.6 Å². The van der Waals surface area contributed by atoms with Gasteiger partial charge < -0.3 is 15.6 Å². The van der Waals surface area contributed by atoms with Gasteiger partial charge in [0.15, 0.2) is 0 Å². The fraction of sp³-hybridized carbons (Fsp3) is 0.875. The quantitative estimate of drug-likeness (QED) is 0.620. The first kappa shape index (κ1) is 9.48. The molecule has 0 atom stereocenters. The van der Waals surface area contributed by atoms with Crippen molar-refractivity contribution < 1.29 is 14.6 Å². The third-order valence-corrected chi connectivity index (χ3v) is 2.11. The smallest absolute Gasteiger partial charge is 0.243 e. The van der Waals surface area contributed by atoms with Crippen molar-refractivity contribution in [2.24, 2.45) is 5.73 Å². The molecule has 0 bridgehead atoms. The second-order valence-electron chi connectivity index (χ2n) is 3.21. The van der Waals surface area contributed by atoms with Gasteiger partial charge in [-0.2, -0.15) is 0 Å². The predicted octanol–water partition coefficient (Wildman–Crippen LogP) is -0.208. The lowest BCUT2D eigenvalue weighted by molar-refractivity contribution is -0.125. The molecule has 0 aliphatic heterocycles. The van der Waals surface area contributed by atoms with Crippen LogP contribution in [0.1, 0.15) is 25.7 Å². The van der Waals surface area contributed by atoms with Crippen molar-refractivity contribution in [2.45, 2.75) is 37.9 Å². The molecule has 0 unspecified atom stereocenters. The Morgan fingerprint density at radius 2 is 2.00 bits per heavy atom. The van der Waals surface area contributed by atoms with Gasteiger partial charge in [0.25, 0.3) is 0 Å². The third-order valence-electron chi connectivity index (χ3n) is 2.11. The number of aliphatic hydroxyl groups is 1. The van der Waals surface area contributed by atoms with E-state index in [1.54, 1.807) is 0 Å². The number of aliphatic hydroxyl groups excluding tert-OH is 1. The van der Waals surface area contributed by atoms with Crippen LogP contribution in [0, 0.1) is 0 Å². The molecule has 1 fully saturated rings. The summed E-state index contributed by atoms with van der Waals surface area (Å²) in [5.41, 5.74) is 4.92. The van der Waals surface area contributed by atoms with Gasteiger partial charge in [0, 0.05) is 0 Å². The lowest BCUT2D eigenvalue weighted by Gasteiger charge is -2.24. The van der Waals surface area contributed by atoms with Crippen LogP contribution in [0.3, 0.4) is 0 Å². The van der Waals surface area contributed by atoms with Crippen LogP contribution in [-0.4, -0.2) is 29.8 Å². The van der Waals surface area contributed by atoms with Crippen molar-refractivity contribution in [3.63, 3.8) is 0 Å². The maximum absolute atomic E-state index is 10.4. The molecule has 4 nitrogen and oxygen atoms in total. The Labute approximate surface area is 71.7 Å². The van der Waals surface area contributed by atoms with E-state index in [-0.39, 0.29) is 18.8 Å². The van der Waals surface area contributed by atoms with E-state index in [0.717, 1.165) is 25.7 Å². The molecular weight excluding hydrogens is 158 g/mol. The Kier molecular flexibility index (Phi) is 3.49. The molecule has 0 spiro atoms. The zero-order valence-electron chi connectivity index (χ0n) is 7.03. The molecule has 0 saturated heterocycles. The molecule has 1 aliphatic rings. The first-order chi connectivity index (χ1) is 5.68. The minimum absolute atomic E-state index is 0.000756. The molecule has 12 heavy (non-hydrogen) atoms. The summed E-state index contributed by atoms with van der Waals surface area (Å²) >= 11 is 0. The molecule has 0 aromatic rings. The Bertz CT molecular complexity index is 152. The molecular formula is C8H15NO3. The predicted molar refractivity (Wildman–Crippen MR) is 43.4 cm³/mol. The van der Waals surface area contributed by atoms with E-state index >= 15 is 0 Å². The molecule has 0 radical (unpaired) electrons. The SMILES string of the molecule is NC(=O)COC1CCC(O)CC1. The van der Waals surface area contributed by atoms with Crippen LogP contribution in [0.15, 0.2) is 0 Å². The lowest BCUT2D eigenvalue weighted by atomic mass is 9.95. The van der Waals surface area contributed by atoms with Gasteiger partial charge in [0.05, 0.1) is 12.2 Å². The first-order valence-electron chi connectivity index (χ1n) is 4.26. The largest absolute Gasteiger partial charge is 0.393 e. The Hall–Kier alpha value is -0.610. The highest BCUT2D eigenvalue weighted by Gasteiger charge is 2.19. The molecule has 1 saturated carbocycles. The van der Waals surface area contributed by atoms with E-state index in [1.165, 1.54) is 0 Å². The van der Waals surface area contributed by atoms with E-state index in [2.05, 4.69) is 0 Å². The monoisotopic (exact) mass is 173 g/mol. The molecule has 0 aromatic heterocycles. The number of ether oxygens (including phenoxy) is 1. The summed E-state index contributed by atoms with van der Waals surface area (Å²) in [6.07, 6.45) is 3.12. The Balaban J connectivity index is 2.13. The van der Waals surface area contributed by atoms with E-state index in [9.17, 15) is 4.79 Å². The van der Waals surface area contributed by atoms with Crippen molar-refractivity contribution in [3.8, 4) is 0 Å². The molecule has 4 heteroatoms. The molecule has 1 amide bonds. The fourth-order valence-electron chi connectivity index (χ4n) is 1.41. The number of nitrogens with two attached hydrogens (primary N) is 1. The molecule has 0 heterocycles. The minimum atomic E-state index is -0.430. The minimum Gasteiger partial charge on any atom is -0.393 e. The van der Waals surface area contributed by atoms with Crippen LogP contribution >= 0.6 is 0 Å². The van der Waals surface area contributed by atoms with Crippen LogP contribution < -0.4 is 5.73 Å². The number of primary amides is 1. The molecule has 1 aliphatic carbocycles. The Morgan fingerprint density at radius 3 is 2.50 bits per heavy atom. The van der Waals surface area contributed by atoms with Crippen molar-refractivity contribution in [1.29, 1.82) is 0 Å². The summed E-state index contributed by atoms with van der Waals surface area (Å²) < 4.78 is 5.21. The number of hydrogen-bond donors (Lipinski definition) is 2. The lowest BCUT2D eigenvalue weighted by Crippen LogP contribution is -2.28. The summed E-state index contributed by atoms with van der Waals surface area (Å²) in [7, 11) is 0. The van der Waals surface area contributed by atoms with Gasteiger partial charge in [-0.3, -0.25) is 4.79 Å². The molecule has 3 N–H and O–H groups in total. The van der Waals surface area contributed by atoms with E-state index in [4.69, 9.17) is 15.6 Å². The summed E-state index contributed by atoms with van der Waals surface area (Å²) in [6.45, 7) is 0.000756. The van der Waals surface area contributed by atoms with Gasteiger partial charge in [0.1, 0.15) is 6.61 Å². The summed E-state index contributed by atoms with van der Waals surface area (Å²) in [4.78, 5) is 10.4. The maximum Gasteiger partial charge on any atom is 0.243 e. The van der Waals surface area contributed by atoms with Crippen molar-refractivity contribution in [2.75, 3.05) is 6.61 Å². The van der Waals surface area contributed by atoms with Crippen LogP contribution in [0.4, 0.5) is 0 Å². The summed E-state index contributed by atoms with van der Waals surface area (Å²) in [5.74, 6) is -0.430. The molecule has 1 rings (SSSR count). The second kappa shape index (κ2) is 4.42. The van der Waals surface area contributed by atoms with Gasteiger partial charge in [-0.15, -0.1) is 0 Å². The molecule has 70 valence electrons. The van der Waals surface area contributed by atoms with Crippen molar-refractivity contribution >= 4 is 5.91 Å². The highest BCUT2D eigenvalue weighted by molar-refractivity contribution is 5.74. The Morgan fingerprint density at radius 1 is 1.42 bits per heavy atom.